The molecule has 0 atom stereocenters. The molecule has 0 aliphatic rings. The second-order valence-electron chi connectivity index (χ2n) is 5.68. The molecule has 1 N–H and O–H groups in total. The average Bonchev–Trinajstić information content (AvgIpc) is 3.20. The van der Waals surface area contributed by atoms with Crippen molar-refractivity contribution < 1.29 is 9.72 Å². The Morgan fingerprint density at radius 1 is 1.13 bits per heavy atom. The number of carbonyl (C=O) groups is 1. The Hall–Kier alpha value is -2.47. The third-order valence-corrected chi connectivity index (χ3v) is 7.01. The van der Waals surface area contributed by atoms with Crippen LogP contribution in [0.1, 0.15) is 11.1 Å². The summed E-state index contributed by atoms with van der Waals surface area (Å²) in [5.74, 6) is 0.617. The van der Waals surface area contributed by atoms with Crippen LogP contribution in [0.5, 0.6) is 0 Å². The zero-order valence-electron chi connectivity index (χ0n) is 15.2. The fourth-order valence-corrected chi connectivity index (χ4v) is 4.95. The van der Waals surface area contributed by atoms with Crippen LogP contribution in [0.15, 0.2) is 62.3 Å². The number of nitrogens with zero attached hydrogens (tertiary/aromatic N) is 4. The third kappa shape index (κ3) is 7.10. The van der Waals surface area contributed by atoms with Crippen LogP contribution in [0, 0.1) is 10.1 Å². The Labute approximate surface area is 189 Å². The largest absolute Gasteiger partial charge is 0.272 e. The predicted molar refractivity (Wildman–Crippen MR) is 120 cm³/mol. The number of nitrogens with one attached hydrogen (secondary N) is 1. The quantitative estimate of drug-likeness (QED) is 0.206. The zero-order chi connectivity index (χ0) is 21.3. The normalized spacial score (nSPS) is 11.0. The van der Waals surface area contributed by atoms with Gasteiger partial charge < -0.3 is 0 Å². The number of rotatable bonds is 9. The van der Waals surface area contributed by atoms with Crippen LogP contribution >= 0.6 is 46.5 Å². The number of nitro groups is 1. The van der Waals surface area contributed by atoms with Gasteiger partial charge in [0.25, 0.3) is 11.6 Å². The van der Waals surface area contributed by atoms with Gasteiger partial charge in [0, 0.05) is 22.9 Å². The van der Waals surface area contributed by atoms with Crippen LogP contribution < -0.4 is 5.43 Å². The lowest BCUT2D eigenvalue weighted by atomic mass is 10.2. The average molecular weight is 480 g/mol. The number of aromatic nitrogens is 2. The van der Waals surface area contributed by atoms with E-state index in [0.717, 1.165) is 15.7 Å². The summed E-state index contributed by atoms with van der Waals surface area (Å²) in [5, 5.41) is 23.4. The molecule has 154 valence electrons. The highest BCUT2D eigenvalue weighted by molar-refractivity contribution is 8.03. The molecular weight excluding hydrogens is 466 g/mol. The fraction of sp³-hybridized carbons (Fsp3) is 0.111. The first kappa shape index (κ1) is 22.2. The lowest BCUT2D eigenvalue weighted by Gasteiger charge is -1.98. The Morgan fingerprint density at radius 2 is 1.80 bits per heavy atom. The van der Waals surface area contributed by atoms with Crippen LogP contribution in [0.25, 0.3) is 0 Å². The van der Waals surface area contributed by atoms with Gasteiger partial charge in [0.2, 0.25) is 0 Å². The molecule has 0 radical (unpaired) electrons. The molecule has 3 aromatic rings. The monoisotopic (exact) mass is 479 g/mol. The van der Waals surface area contributed by atoms with E-state index >= 15 is 0 Å². The van der Waals surface area contributed by atoms with Crippen molar-refractivity contribution >= 4 is 64.3 Å². The van der Waals surface area contributed by atoms with Crippen LogP contribution in [0.3, 0.4) is 0 Å². The lowest BCUT2D eigenvalue weighted by Crippen LogP contribution is -2.19. The van der Waals surface area contributed by atoms with E-state index in [4.69, 9.17) is 11.6 Å². The number of hydrazone groups is 1. The SMILES string of the molecule is O=C(CSc1nnc(SCc2ccc(Cl)cc2)s1)N/N=C/c1ccc([N+](=O)[O-])cc1. The van der Waals surface area contributed by atoms with Gasteiger partial charge in [-0.1, -0.05) is 58.6 Å². The van der Waals surface area contributed by atoms with E-state index in [9.17, 15) is 14.9 Å². The van der Waals surface area contributed by atoms with Crippen molar-refractivity contribution in [1.82, 2.24) is 15.6 Å². The first-order valence-electron chi connectivity index (χ1n) is 8.39. The molecule has 1 aromatic heterocycles. The molecule has 1 amide bonds. The maximum absolute atomic E-state index is 11.9. The van der Waals surface area contributed by atoms with Gasteiger partial charge in [0.15, 0.2) is 8.68 Å². The number of nitro benzene ring substituents is 1. The van der Waals surface area contributed by atoms with Gasteiger partial charge >= 0.3 is 0 Å². The summed E-state index contributed by atoms with van der Waals surface area (Å²) in [5.41, 5.74) is 4.19. The summed E-state index contributed by atoms with van der Waals surface area (Å²) in [4.78, 5) is 22.0. The van der Waals surface area contributed by atoms with Crippen molar-refractivity contribution in [3.8, 4) is 0 Å². The number of amides is 1. The Kier molecular flexibility index (Phi) is 8.20. The molecule has 8 nitrogen and oxygen atoms in total. The molecule has 0 saturated heterocycles. The minimum absolute atomic E-state index is 0.00431. The molecule has 0 aliphatic carbocycles. The first-order valence-corrected chi connectivity index (χ1v) is 11.6. The molecule has 30 heavy (non-hydrogen) atoms. The molecule has 0 saturated carbocycles. The topological polar surface area (TPSA) is 110 Å². The lowest BCUT2D eigenvalue weighted by molar-refractivity contribution is -0.384. The van der Waals surface area contributed by atoms with Gasteiger partial charge in [0.05, 0.1) is 16.9 Å². The zero-order valence-corrected chi connectivity index (χ0v) is 18.4. The van der Waals surface area contributed by atoms with Crippen LogP contribution in [0.2, 0.25) is 5.02 Å². The summed E-state index contributed by atoms with van der Waals surface area (Å²) < 4.78 is 1.52. The summed E-state index contributed by atoms with van der Waals surface area (Å²) in [7, 11) is 0. The van der Waals surface area contributed by atoms with E-state index in [2.05, 4.69) is 20.7 Å². The molecular formula is C18H14ClN5O3S3. The molecule has 12 heteroatoms. The van der Waals surface area contributed by atoms with Crippen LogP contribution in [0.4, 0.5) is 5.69 Å². The maximum atomic E-state index is 11.9. The molecule has 0 fully saturated rings. The third-order valence-electron chi connectivity index (χ3n) is 3.50. The number of halogens is 1. The highest BCUT2D eigenvalue weighted by atomic mass is 35.5. The van der Waals surface area contributed by atoms with Crippen molar-refractivity contribution in [3.63, 3.8) is 0 Å². The molecule has 0 aliphatic heterocycles. The van der Waals surface area contributed by atoms with Gasteiger partial charge in [-0.3, -0.25) is 14.9 Å². The van der Waals surface area contributed by atoms with Gasteiger partial charge in [-0.25, -0.2) is 5.43 Å². The number of carbonyl (C=O) groups excluding carboxylic acids is 1. The van der Waals surface area contributed by atoms with Gasteiger partial charge in [0.1, 0.15) is 0 Å². The first-order chi connectivity index (χ1) is 14.5. The number of benzene rings is 2. The number of thioether (sulfide) groups is 2. The number of hydrogen-bond acceptors (Lipinski definition) is 9. The van der Waals surface area contributed by atoms with E-state index in [1.54, 1.807) is 23.9 Å². The van der Waals surface area contributed by atoms with E-state index in [-0.39, 0.29) is 17.3 Å². The highest BCUT2D eigenvalue weighted by Crippen LogP contribution is 2.30. The Morgan fingerprint density at radius 3 is 2.47 bits per heavy atom. The second kappa shape index (κ2) is 11.1. The van der Waals surface area contributed by atoms with E-state index in [1.807, 2.05) is 24.3 Å². The van der Waals surface area contributed by atoms with Crippen molar-refractivity contribution in [3.05, 3.63) is 74.8 Å². The second-order valence-corrected chi connectivity index (χ2v) is 9.54. The smallest absolute Gasteiger partial charge is 0.269 e. The molecule has 0 unspecified atom stereocenters. The van der Waals surface area contributed by atoms with Crippen LogP contribution in [-0.2, 0) is 10.5 Å². The molecule has 3 rings (SSSR count). The molecule has 2 aromatic carbocycles. The van der Waals surface area contributed by atoms with Crippen molar-refractivity contribution in [2.24, 2.45) is 5.10 Å². The standard InChI is InChI=1S/C18H14ClN5O3S3/c19-14-5-1-13(2-6-14)10-28-17-22-23-18(30-17)29-11-16(25)21-20-9-12-3-7-15(8-4-12)24(26)27/h1-9H,10-11H2,(H,21,25)/b20-9+. The Bertz CT molecular complexity index is 1040. The van der Waals surface area contributed by atoms with Gasteiger partial charge in [-0.2, -0.15) is 5.10 Å². The summed E-state index contributed by atoms with van der Waals surface area (Å²) in [6, 6.07) is 13.5. The molecule has 1 heterocycles. The summed E-state index contributed by atoms with van der Waals surface area (Å²) in [6.45, 7) is 0. The fourth-order valence-electron chi connectivity index (χ4n) is 2.06. The minimum Gasteiger partial charge on any atom is -0.272 e. The van der Waals surface area contributed by atoms with E-state index in [0.29, 0.717) is 14.9 Å². The van der Waals surface area contributed by atoms with Gasteiger partial charge in [-0.05, 0) is 35.4 Å². The predicted octanol–water partition coefficient (Wildman–Crippen LogP) is 4.63. The molecule has 0 bridgehead atoms. The maximum Gasteiger partial charge on any atom is 0.269 e. The minimum atomic E-state index is -0.477. The van der Waals surface area contributed by atoms with Crippen LogP contribution in [-0.4, -0.2) is 33.0 Å². The summed E-state index contributed by atoms with van der Waals surface area (Å²) >= 11 is 10.2. The van der Waals surface area contributed by atoms with E-state index < -0.39 is 4.92 Å². The summed E-state index contributed by atoms with van der Waals surface area (Å²) in [6.07, 6.45) is 1.42. The van der Waals surface area contributed by atoms with Crippen molar-refractivity contribution in [2.45, 2.75) is 14.4 Å². The van der Waals surface area contributed by atoms with Crippen molar-refractivity contribution in [1.29, 1.82) is 0 Å². The van der Waals surface area contributed by atoms with E-state index in [1.165, 1.54) is 41.4 Å². The molecule has 0 spiro atoms. The number of non-ortho nitro benzene ring substituents is 1. The highest BCUT2D eigenvalue weighted by Gasteiger charge is 2.09. The van der Waals surface area contributed by atoms with Gasteiger partial charge in [-0.15, -0.1) is 10.2 Å². The number of hydrogen-bond donors (Lipinski definition) is 1. The van der Waals surface area contributed by atoms with Crippen molar-refractivity contribution in [2.75, 3.05) is 5.75 Å². The Balaban J connectivity index is 1.40.